The molecule has 0 unspecified atom stereocenters. The number of benzene rings is 2. The standard InChI is InChI=1S/C15H11NS/c16-12-17-15-9-5-4-8-14(15)11-10-13-6-2-1-3-7-13/h1-11H/b11-10+. The second kappa shape index (κ2) is 5.93. The first-order chi connectivity index (χ1) is 8.40. The van der Waals surface area contributed by atoms with Crippen molar-refractivity contribution in [3.8, 4) is 5.40 Å². The molecule has 0 N–H and O–H groups in total. The summed E-state index contributed by atoms with van der Waals surface area (Å²) in [6.45, 7) is 0. The van der Waals surface area contributed by atoms with Gasteiger partial charge in [-0.05, 0) is 29.0 Å². The Kier molecular flexibility index (Phi) is 4.01. The number of thioether (sulfide) groups is 1. The van der Waals surface area contributed by atoms with Crippen molar-refractivity contribution in [3.63, 3.8) is 0 Å². The van der Waals surface area contributed by atoms with Gasteiger partial charge in [-0.3, -0.25) is 0 Å². The Labute approximate surface area is 105 Å². The highest BCUT2D eigenvalue weighted by molar-refractivity contribution is 8.03. The van der Waals surface area contributed by atoms with Crippen LogP contribution in [0.25, 0.3) is 12.2 Å². The average Bonchev–Trinajstić information content (AvgIpc) is 2.39. The van der Waals surface area contributed by atoms with Crippen LogP contribution in [0.4, 0.5) is 0 Å². The van der Waals surface area contributed by atoms with Crippen LogP contribution in [0.3, 0.4) is 0 Å². The van der Waals surface area contributed by atoms with Crippen LogP contribution in [0.5, 0.6) is 0 Å². The zero-order valence-corrected chi connectivity index (χ0v) is 10.0. The van der Waals surface area contributed by atoms with E-state index in [9.17, 15) is 0 Å². The number of rotatable bonds is 3. The van der Waals surface area contributed by atoms with Crippen molar-refractivity contribution in [2.24, 2.45) is 0 Å². The zero-order chi connectivity index (χ0) is 11.9. The third kappa shape index (κ3) is 3.24. The van der Waals surface area contributed by atoms with E-state index < -0.39 is 0 Å². The molecule has 0 bridgehead atoms. The number of nitriles is 1. The second-order valence-electron chi connectivity index (χ2n) is 3.48. The van der Waals surface area contributed by atoms with Crippen LogP contribution in [0.1, 0.15) is 11.1 Å². The van der Waals surface area contributed by atoms with Gasteiger partial charge in [-0.2, -0.15) is 5.26 Å². The Balaban J connectivity index is 2.25. The van der Waals surface area contributed by atoms with Gasteiger partial charge in [-0.15, -0.1) is 0 Å². The summed E-state index contributed by atoms with van der Waals surface area (Å²) >= 11 is 1.19. The van der Waals surface area contributed by atoms with Gasteiger partial charge < -0.3 is 0 Å². The summed E-state index contributed by atoms with van der Waals surface area (Å²) in [5.41, 5.74) is 2.23. The van der Waals surface area contributed by atoms with Crippen LogP contribution in [-0.2, 0) is 0 Å². The van der Waals surface area contributed by atoms with Crippen molar-refractivity contribution in [2.45, 2.75) is 4.90 Å². The fourth-order valence-corrected chi connectivity index (χ4v) is 2.01. The quantitative estimate of drug-likeness (QED) is 0.448. The molecule has 17 heavy (non-hydrogen) atoms. The zero-order valence-electron chi connectivity index (χ0n) is 9.21. The van der Waals surface area contributed by atoms with Gasteiger partial charge in [-0.25, -0.2) is 0 Å². The van der Waals surface area contributed by atoms with E-state index in [1.807, 2.05) is 48.5 Å². The lowest BCUT2D eigenvalue weighted by atomic mass is 10.1. The molecule has 0 heterocycles. The first kappa shape index (κ1) is 11.5. The molecular weight excluding hydrogens is 226 g/mol. The maximum atomic E-state index is 8.72. The molecule has 0 spiro atoms. The Bertz CT molecular complexity index is 553. The monoisotopic (exact) mass is 237 g/mol. The third-order valence-electron chi connectivity index (χ3n) is 2.33. The average molecular weight is 237 g/mol. The molecular formula is C15H11NS. The van der Waals surface area contributed by atoms with Crippen molar-refractivity contribution in [3.05, 3.63) is 65.7 Å². The van der Waals surface area contributed by atoms with E-state index in [0.717, 1.165) is 16.0 Å². The predicted molar refractivity (Wildman–Crippen MR) is 73.3 cm³/mol. The Morgan fingerprint density at radius 2 is 1.59 bits per heavy atom. The lowest BCUT2D eigenvalue weighted by Crippen LogP contribution is -1.77. The number of hydrogen-bond donors (Lipinski definition) is 0. The first-order valence-electron chi connectivity index (χ1n) is 5.28. The van der Waals surface area contributed by atoms with E-state index in [4.69, 9.17) is 5.26 Å². The van der Waals surface area contributed by atoms with E-state index in [0.29, 0.717) is 0 Å². The van der Waals surface area contributed by atoms with Crippen molar-refractivity contribution in [1.82, 2.24) is 0 Å². The molecule has 1 nitrogen and oxygen atoms in total. The minimum absolute atomic E-state index is 0.988. The summed E-state index contributed by atoms with van der Waals surface area (Å²) in [5.74, 6) is 0. The summed E-state index contributed by atoms with van der Waals surface area (Å²) in [4.78, 5) is 0.988. The summed E-state index contributed by atoms with van der Waals surface area (Å²) in [6.07, 6.45) is 4.09. The fraction of sp³-hybridized carbons (Fsp3) is 0. The van der Waals surface area contributed by atoms with Crippen molar-refractivity contribution >= 4 is 23.9 Å². The molecule has 0 atom stereocenters. The maximum Gasteiger partial charge on any atom is 0.138 e. The van der Waals surface area contributed by atoms with Gasteiger partial charge in [0.15, 0.2) is 0 Å². The molecule has 0 radical (unpaired) electrons. The van der Waals surface area contributed by atoms with Crippen molar-refractivity contribution in [1.29, 1.82) is 5.26 Å². The predicted octanol–water partition coefficient (Wildman–Crippen LogP) is 4.43. The first-order valence-corrected chi connectivity index (χ1v) is 6.10. The van der Waals surface area contributed by atoms with Crippen LogP contribution in [0.15, 0.2) is 59.5 Å². The van der Waals surface area contributed by atoms with Gasteiger partial charge in [0, 0.05) is 4.90 Å². The fourth-order valence-electron chi connectivity index (χ4n) is 1.51. The van der Waals surface area contributed by atoms with E-state index >= 15 is 0 Å². The van der Waals surface area contributed by atoms with Crippen LogP contribution in [0, 0.1) is 10.7 Å². The van der Waals surface area contributed by atoms with Gasteiger partial charge in [-0.1, -0.05) is 60.7 Å². The minimum Gasteiger partial charge on any atom is -0.185 e. The normalized spacial score (nSPS) is 10.3. The molecule has 82 valence electrons. The Hall–Kier alpha value is -1.98. The number of nitrogens with zero attached hydrogens (tertiary/aromatic N) is 1. The minimum atomic E-state index is 0.988. The van der Waals surface area contributed by atoms with Crippen LogP contribution >= 0.6 is 11.8 Å². The smallest absolute Gasteiger partial charge is 0.138 e. The molecule has 0 amide bonds. The summed E-state index contributed by atoms with van der Waals surface area (Å²) < 4.78 is 0. The van der Waals surface area contributed by atoms with Gasteiger partial charge in [0.1, 0.15) is 5.40 Å². The van der Waals surface area contributed by atoms with Gasteiger partial charge in [0.25, 0.3) is 0 Å². The molecule has 2 aromatic rings. The SMILES string of the molecule is N#CSc1ccccc1/C=C/c1ccccc1. The van der Waals surface area contributed by atoms with Crippen molar-refractivity contribution < 1.29 is 0 Å². The van der Waals surface area contributed by atoms with Crippen LogP contribution in [-0.4, -0.2) is 0 Å². The Morgan fingerprint density at radius 3 is 2.35 bits per heavy atom. The largest absolute Gasteiger partial charge is 0.185 e. The van der Waals surface area contributed by atoms with Gasteiger partial charge >= 0.3 is 0 Å². The lowest BCUT2D eigenvalue weighted by Gasteiger charge is -1.99. The highest BCUT2D eigenvalue weighted by atomic mass is 32.2. The number of thiocyanates is 1. The van der Waals surface area contributed by atoms with Crippen molar-refractivity contribution in [2.75, 3.05) is 0 Å². The molecule has 0 fully saturated rings. The maximum absolute atomic E-state index is 8.72. The highest BCUT2D eigenvalue weighted by Crippen LogP contribution is 2.23. The molecule has 0 saturated carbocycles. The Morgan fingerprint density at radius 1 is 0.882 bits per heavy atom. The number of hydrogen-bond acceptors (Lipinski definition) is 2. The molecule has 2 heteroatoms. The molecule has 0 aliphatic carbocycles. The van der Waals surface area contributed by atoms with Crippen LogP contribution in [0.2, 0.25) is 0 Å². The van der Waals surface area contributed by atoms with E-state index in [2.05, 4.69) is 23.6 Å². The summed E-state index contributed by atoms with van der Waals surface area (Å²) in [6, 6.07) is 18.0. The van der Waals surface area contributed by atoms with E-state index in [1.54, 1.807) is 0 Å². The summed E-state index contributed by atoms with van der Waals surface area (Å²) in [7, 11) is 0. The molecule has 0 saturated heterocycles. The highest BCUT2D eigenvalue weighted by Gasteiger charge is 1.97. The van der Waals surface area contributed by atoms with Gasteiger partial charge in [0.2, 0.25) is 0 Å². The topological polar surface area (TPSA) is 23.8 Å². The summed E-state index contributed by atoms with van der Waals surface area (Å²) in [5, 5.41) is 10.8. The molecule has 0 aliphatic rings. The van der Waals surface area contributed by atoms with Gasteiger partial charge in [0.05, 0.1) is 0 Å². The molecule has 2 aromatic carbocycles. The third-order valence-corrected chi connectivity index (χ3v) is 3.01. The second-order valence-corrected chi connectivity index (χ2v) is 4.30. The molecule has 0 aromatic heterocycles. The van der Waals surface area contributed by atoms with E-state index in [1.165, 1.54) is 11.8 Å². The molecule has 2 rings (SSSR count). The van der Waals surface area contributed by atoms with E-state index in [-0.39, 0.29) is 0 Å². The lowest BCUT2D eigenvalue weighted by molar-refractivity contribution is 1.43. The molecule has 0 aliphatic heterocycles. The van der Waals surface area contributed by atoms with Crippen LogP contribution < -0.4 is 0 Å².